The molecule has 43 heavy (non-hydrogen) atoms. The Morgan fingerprint density at radius 1 is 1.09 bits per heavy atom. The van der Waals surface area contributed by atoms with Crippen LogP contribution in [-0.2, 0) is 15.4 Å². The number of piperidine rings is 1. The lowest BCUT2D eigenvalue weighted by Gasteiger charge is -2.34. The Labute approximate surface area is 262 Å². The number of benzene rings is 2. The molecule has 1 spiro atoms. The summed E-state index contributed by atoms with van der Waals surface area (Å²) in [7, 11) is 0.201. The molecule has 0 bridgehead atoms. The molecule has 230 valence electrons. The van der Waals surface area contributed by atoms with Crippen molar-refractivity contribution in [2.24, 2.45) is 0 Å². The lowest BCUT2D eigenvalue weighted by atomic mass is 9.98. The highest BCUT2D eigenvalue weighted by atomic mass is 79.9. The van der Waals surface area contributed by atoms with Crippen LogP contribution in [0.4, 0.5) is 34.5 Å². The van der Waals surface area contributed by atoms with E-state index in [9.17, 15) is 8.42 Å². The number of para-hydroxylation sites is 1. The van der Waals surface area contributed by atoms with Gasteiger partial charge in [0.25, 0.3) is 0 Å². The van der Waals surface area contributed by atoms with Gasteiger partial charge in [0.05, 0.1) is 34.9 Å². The number of hydrogen-bond donors (Lipinski definition) is 4. The van der Waals surface area contributed by atoms with E-state index < -0.39 is 10.0 Å². The molecule has 2 aliphatic heterocycles. The molecule has 4 N–H and O–H groups in total. The topological polar surface area (TPSA) is 124 Å². The van der Waals surface area contributed by atoms with E-state index in [0.717, 1.165) is 68.8 Å². The molecule has 1 aromatic heterocycles. The van der Waals surface area contributed by atoms with Gasteiger partial charge in [-0.05, 0) is 72.4 Å². The van der Waals surface area contributed by atoms with Gasteiger partial charge in [0, 0.05) is 62.1 Å². The highest BCUT2D eigenvalue weighted by molar-refractivity contribution is 9.10. The molecule has 3 aromatic rings. The quantitative estimate of drug-likeness (QED) is 0.219. The molecule has 13 heteroatoms. The number of anilines is 6. The van der Waals surface area contributed by atoms with Crippen LogP contribution >= 0.6 is 15.9 Å². The smallest absolute Gasteiger partial charge is 0.232 e. The number of sulfonamides is 1. The number of rotatable bonds is 11. The van der Waals surface area contributed by atoms with Gasteiger partial charge in [-0.1, -0.05) is 12.1 Å². The number of hydrogen-bond acceptors (Lipinski definition) is 10. The average molecular weight is 672 g/mol. The van der Waals surface area contributed by atoms with Crippen molar-refractivity contribution >= 4 is 60.5 Å². The minimum absolute atomic E-state index is 0.0758. The van der Waals surface area contributed by atoms with Crippen LogP contribution in [0.5, 0.6) is 5.75 Å². The first kappa shape index (κ1) is 29.9. The summed E-state index contributed by atoms with van der Waals surface area (Å²) in [4.78, 5) is 11.6. The van der Waals surface area contributed by atoms with Crippen molar-refractivity contribution < 1.29 is 13.2 Å². The normalized spacial score (nSPS) is 17.7. The zero-order valence-corrected chi connectivity index (χ0v) is 27.2. The molecule has 0 radical (unpaired) electrons. The fourth-order valence-electron chi connectivity index (χ4n) is 6.13. The highest BCUT2D eigenvalue weighted by Crippen LogP contribution is 2.59. The van der Waals surface area contributed by atoms with E-state index in [2.05, 4.69) is 59.2 Å². The van der Waals surface area contributed by atoms with Crippen molar-refractivity contribution in [1.82, 2.24) is 20.6 Å². The summed E-state index contributed by atoms with van der Waals surface area (Å²) >= 11 is 3.56. The van der Waals surface area contributed by atoms with Crippen LogP contribution in [-0.4, -0.2) is 77.6 Å². The van der Waals surface area contributed by atoms with E-state index in [0.29, 0.717) is 45.9 Å². The number of ether oxygens (including phenoxy) is 1. The van der Waals surface area contributed by atoms with E-state index in [-0.39, 0.29) is 5.41 Å². The maximum Gasteiger partial charge on any atom is 0.232 e. The van der Waals surface area contributed by atoms with Gasteiger partial charge in [-0.25, -0.2) is 13.4 Å². The van der Waals surface area contributed by atoms with Gasteiger partial charge in [-0.15, -0.1) is 0 Å². The lowest BCUT2D eigenvalue weighted by molar-refractivity contribution is 0.410. The van der Waals surface area contributed by atoms with Crippen LogP contribution < -0.4 is 35.2 Å². The molecule has 0 amide bonds. The van der Waals surface area contributed by atoms with Crippen LogP contribution in [0.1, 0.15) is 31.2 Å². The summed E-state index contributed by atoms with van der Waals surface area (Å²) in [6.45, 7) is 4.41. The number of nitrogens with one attached hydrogen (secondary N) is 4. The average Bonchev–Trinajstić information content (AvgIpc) is 3.70. The van der Waals surface area contributed by atoms with Crippen molar-refractivity contribution in [2.75, 3.05) is 73.0 Å². The van der Waals surface area contributed by atoms with Crippen molar-refractivity contribution in [1.29, 1.82) is 0 Å². The number of aromatic nitrogens is 2. The number of nitrogens with zero attached hydrogens (tertiary/aromatic N) is 4. The van der Waals surface area contributed by atoms with Gasteiger partial charge < -0.3 is 30.9 Å². The highest BCUT2D eigenvalue weighted by Gasteiger charge is 2.54. The molecule has 1 aliphatic carbocycles. The standard InChI is InChI=1S/C30H39BrN8O3S/c1-32-13-14-33-20-9-15-38(16-10-20)21-7-8-24(26(17-21)42-2)36-29-34-18-23(31)28(37-29)35-25-6-4-5-22-27(25)39(43(3,40)41)19-30(22)11-12-30/h4-8,17-18,20,32-33H,9-16,19H2,1-3H3,(H2,34,35,36,37). The van der Waals surface area contributed by atoms with Crippen molar-refractivity contribution in [2.45, 2.75) is 37.1 Å². The van der Waals surface area contributed by atoms with Crippen LogP contribution in [0.3, 0.4) is 0 Å². The molecule has 11 nitrogen and oxygen atoms in total. The predicted molar refractivity (Wildman–Crippen MR) is 176 cm³/mol. The van der Waals surface area contributed by atoms with E-state index >= 15 is 0 Å². The van der Waals surface area contributed by atoms with E-state index in [1.165, 1.54) is 10.6 Å². The van der Waals surface area contributed by atoms with Crippen molar-refractivity contribution in [3.63, 3.8) is 0 Å². The molecule has 2 aromatic carbocycles. The lowest BCUT2D eigenvalue weighted by Crippen LogP contribution is -2.44. The molecular formula is C30H39BrN8O3S. The molecule has 2 fully saturated rings. The molecule has 3 aliphatic rings. The molecule has 1 saturated heterocycles. The molecule has 0 atom stereocenters. The minimum Gasteiger partial charge on any atom is -0.494 e. The molecule has 1 saturated carbocycles. The third-order valence-corrected chi connectivity index (χ3v) is 10.3. The Bertz CT molecular complexity index is 1590. The Morgan fingerprint density at radius 3 is 2.58 bits per heavy atom. The van der Waals surface area contributed by atoms with Gasteiger partial charge in [0.15, 0.2) is 0 Å². The Balaban J connectivity index is 1.19. The second-order valence-corrected chi connectivity index (χ2v) is 14.4. The first-order valence-electron chi connectivity index (χ1n) is 14.7. The first-order chi connectivity index (χ1) is 20.7. The molecule has 3 heterocycles. The van der Waals surface area contributed by atoms with E-state index in [1.54, 1.807) is 13.3 Å². The Kier molecular flexibility index (Phi) is 8.42. The SMILES string of the molecule is CNCCNC1CCN(c2ccc(Nc3ncc(Br)c(Nc4cccc5c4N(S(C)(=O)=O)CC54CC4)n3)c(OC)c2)CC1. The van der Waals surface area contributed by atoms with Crippen molar-refractivity contribution in [3.8, 4) is 5.75 Å². The second-order valence-electron chi connectivity index (χ2n) is 11.6. The van der Waals surface area contributed by atoms with Gasteiger partial charge in [0.1, 0.15) is 11.6 Å². The van der Waals surface area contributed by atoms with Gasteiger partial charge >= 0.3 is 0 Å². The second kappa shape index (κ2) is 12.1. The number of likely N-dealkylation sites (N-methyl/N-ethyl adjacent to an activating group) is 1. The third-order valence-electron chi connectivity index (χ3n) is 8.65. The minimum atomic E-state index is -3.43. The van der Waals surface area contributed by atoms with E-state index in [1.807, 2.05) is 31.3 Å². The summed E-state index contributed by atoms with van der Waals surface area (Å²) in [5.74, 6) is 1.61. The van der Waals surface area contributed by atoms with Crippen LogP contribution in [0, 0.1) is 0 Å². The van der Waals surface area contributed by atoms with Crippen molar-refractivity contribution in [3.05, 3.63) is 52.6 Å². The zero-order valence-electron chi connectivity index (χ0n) is 24.8. The largest absolute Gasteiger partial charge is 0.494 e. The number of fused-ring (bicyclic) bond motifs is 2. The Hall–Kier alpha value is -3.13. The first-order valence-corrected chi connectivity index (χ1v) is 17.3. The van der Waals surface area contributed by atoms with Gasteiger partial charge in [0.2, 0.25) is 16.0 Å². The summed E-state index contributed by atoms with van der Waals surface area (Å²) in [5.41, 5.74) is 4.27. The maximum absolute atomic E-state index is 12.7. The number of halogens is 1. The van der Waals surface area contributed by atoms with Crippen LogP contribution in [0.15, 0.2) is 47.1 Å². The van der Waals surface area contributed by atoms with Crippen LogP contribution in [0.2, 0.25) is 0 Å². The summed E-state index contributed by atoms with van der Waals surface area (Å²) in [6, 6.07) is 12.6. The van der Waals surface area contributed by atoms with E-state index in [4.69, 9.17) is 9.72 Å². The number of methoxy groups -OCH3 is 1. The summed E-state index contributed by atoms with van der Waals surface area (Å²) in [5, 5.41) is 13.5. The fraction of sp³-hybridized carbons (Fsp3) is 0.467. The Morgan fingerprint density at radius 2 is 1.88 bits per heavy atom. The summed E-state index contributed by atoms with van der Waals surface area (Å²) in [6.07, 6.45) is 7.13. The van der Waals surface area contributed by atoms with Gasteiger partial charge in [-0.2, -0.15) is 4.98 Å². The van der Waals surface area contributed by atoms with Crippen LogP contribution in [0.25, 0.3) is 0 Å². The fourth-order valence-corrected chi connectivity index (χ4v) is 7.43. The molecule has 6 rings (SSSR count). The third kappa shape index (κ3) is 6.26. The predicted octanol–water partition coefficient (Wildman–Crippen LogP) is 4.32. The summed E-state index contributed by atoms with van der Waals surface area (Å²) < 4.78 is 33.4. The monoisotopic (exact) mass is 670 g/mol. The molecular weight excluding hydrogens is 632 g/mol. The van der Waals surface area contributed by atoms with Gasteiger partial charge in [-0.3, -0.25) is 4.31 Å². The zero-order chi connectivity index (χ0) is 30.2. The maximum atomic E-state index is 12.7. The molecule has 0 unspecified atom stereocenters.